The highest BCUT2D eigenvalue weighted by Crippen LogP contribution is 2.57. The van der Waals surface area contributed by atoms with Crippen molar-refractivity contribution in [3.8, 4) is 17.2 Å². The van der Waals surface area contributed by atoms with Gasteiger partial charge >= 0.3 is 0 Å². The van der Waals surface area contributed by atoms with Gasteiger partial charge in [0.15, 0.2) is 0 Å². The summed E-state index contributed by atoms with van der Waals surface area (Å²) >= 11 is 0. The molecule has 4 rings (SSSR count). The van der Waals surface area contributed by atoms with Gasteiger partial charge in [-0.15, -0.1) is 0 Å². The van der Waals surface area contributed by atoms with Gasteiger partial charge in [0.2, 0.25) is 16.6 Å². The second kappa shape index (κ2) is 9.81. The van der Waals surface area contributed by atoms with Gasteiger partial charge in [-0.25, -0.2) is 0 Å². The highest BCUT2D eigenvalue weighted by molar-refractivity contribution is 6.75. The first-order valence-corrected chi connectivity index (χ1v) is 19.5. The Hall–Kier alpha value is -2.13. The lowest BCUT2D eigenvalue weighted by atomic mass is 9.80. The van der Waals surface area contributed by atoms with E-state index in [0.717, 1.165) is 28.4 Å². The van der Waals surface area contributed by atoms with Crippen LogP contribution in [-0.2, 0) is 0 Å². The molecule has 3 atom stereocenters. The summed E-state index contributed by atoms with van der Waals surface area (Å²) in [6.07, 6.45) is -1.15. The van der Waals surface area contributed by atoms with Crippen LogP contribution in [0.5, 0.6) is 17.2 Å². The van der Waals surface area contributed by atoms with Crippen molar-refractivity contribution >= 4 is 16.6 Å². The lowest BCUT2D eigenvalue weighted by molar-refractivity contribution is 0.105. The van der Waals surface area contributed by atoms with Crippen LogP contribution in [0.15, 0.2) is 54.1 Å². The topological polar surface area (TPSA) is 27.7 Å². The number of allylic oxidation sites excluding steroid dienone is 1. The maximum absolute atomic E-state index is 13.8. The SMILES string of the molecule is CC(C)(C)[Si](C)(C)Oc1ccc([C@@H]2Oc3ccc(O[Si](C)(C)C(C)(C)C)cc3[C@@H]3CC(=C(F)F)C[C@@H]32)cc1. The first-order valence-electron chi connectivity index (χ1n) is 13.7. The molecule has 7 heteroatoms. The molecule has 0 bridgehead atoms. The van der Waals surface area contributed by atoms with Crippen molar-refractivity contribution in [1.82, 2.24) is 0 Å². The second-order valence-electron chi connectivity index (χ2n) is 14.1. The maximum Gasteiger partial charge on any atom is 0.269 e. The van der Waals surface area contributed by atoms with Crippen molar-refractivity contribution in [2.24, 2.45) is 5.92 Å². The Bertz CT molecular complexity index is 1200. The van der Waals surface area contributed by atoms with Crippen LogP contribution < -0.4 is 13.6 Å². The van der Waals surface area contributed by atoms with Gasteiger partial charge in [-0.2, -0.15) is 8.78 Å². The molecule has 1 aliphatic heterocycles. The predicted octanol–water partition coefficient (Wildman–Crippen LogP) is 10.2. The third-order valence-corrected chi connectivity index (χ3v) is 18.0. The first-order chi connectivity index (χ1) is 17.4. The summed E-state index contributed by atoms with van der Waals surface area (Å²) in [6, 6.07) is 14.1. The molecule has 2 aromatic carbocycles. The van der Waals surface area contributed by atoms with E-state index >= 15 is 0 Å². The highest BCUT2D eigenvalue weighted by Gasteiger charge is 2.46. The van der Waals surface area contributed by atoms with Gasteiger partial charge in [0.1, 0.15) is 23.4 Å². The molecular weight excluding hydrogens is 515 g/mol. The Kier molecular flexibility index (Phi) is 7.45. The summed E-state index contributed by atoms with van der Waals surface area (Å²) in [5, 5.41) is 0.166. The predicted molar refractivity (Wildman–Crippen MR) is 157 cm³/mol. The lowest BCUT2D eigenvalue weighted by Gasteiger charge is -2.39. The molecule has 208 valence electrons. The molecule has 2 aliphatic rings. The molecule has 1 fully saturated rings. The average molecular weight is 559 g/mol. The van der Waals surface area contributed by atoms with Gasteiger partial charge < -0.3 is 13.6 Å². The average Bonchev–Trinajstić information content (AvgIpc) is 3.23. The zero-order chi connectivity index (χ0) is 28.3. The quantitative estimate of drug-likeness (QED) is 0.342. The van der Waals surface area contributed by atoms with Crippen LogP contribution in [0, 0.1) is 5.92 Å². The van der Waals surface area contributed by atoms with E-state index in [0.29, 0.717) is 12.8 Å². The van der Waals surface area contributed by atoms with Crippen molar-refractivity contribution < 1.29 is 22.4 Å². The zero-order valence-corrected chi connectivity index (χ0v) is 26.7. The number of hydrogen-bond acceptors (Lipinski definition) is 3. The van der Waals surface area contributed by atoms with E-state index in [1.165, 1.54) is 0 Å². The van der Waals surface area contributed by atoms with Crippen molar-refractivity contribution in [2.45, 2.75) is 103 Å². The first kappa shape index (κ1) is 28.9. The molecule has 0 radical (unpaired) electrons. The Morgan fingerprint density at radius 3 is 1.84 bits per heavy atom. The molecule has 0 amide bonds. The maximum atomic E-state index is 13.8. The van der Waals surface area contributed by atoms with Crippen LogP contribution in [0.3, 0.4) is 0 Å². The van der Waals surface area contributed by atoms with Crippen LogP contribution in [-0.4, -0.2) is 16.6 Å². The van der Waals surface area contributed by atoms with Crippen LogP contribution in [0.2, 0.25) is 36.3 Å². The van der Waals surface area contributed by atoms with Gasteiger partial charge in [0.05, 0.1) is 0 Å². The number of hydrogen-bond donors (Lipinski definition) is 0. The molecule has 0 spiro atoms. The molecule has 38 heavy (non-hydrogen) atoms. The molecule has 1 heterocycles. The van der Waals surface area contributed by atoms with Crippen LogP contribution in [0.25, 0.3) is 0 Å². The number of benzene rings is 2. The Morgan fingerprint density at radius 1 is 0.789 bits per heavy atom. The van der Waals surface area contributed by atoms with Gasteiger partial charge in [-0.1, -0.05) is 53.7 Å². The van der Waals surface area contributed by atoms with E-state index in [-0.39, 0.29) is 33.6 Å². The van der Waals surface area contributed by atoms with E-state index in [9.17, 15) is 8.78 Å². The van der Waals surface area contributed by atoms with Gasteiger partial charge in [-0.05, 0) is 96.5 Å². The molecular formula is C31H44F2O3Si2. The molecule has 1 saturated carbocycles. The van der Waals surface area contributed by atoms with E-state index in [1.807, 2.05) is 42.5 Å². The lowest BCUT2D eigenvalue weighted by Crippen LogP contribution is -2.43. The monoisotopic (exact) mass is 558 g/mol. The van der Waals surface area contributed by atoms with Gasteiger partial charge in [0.25, 0.3) is 6.08 Å². The minimum atomic E-state index is -2.04. The summed E-state index contributed by atoms with van der Waals surface area (Å²) in [5.74, 6) is 2.32. The van der Waals surface area contributed by atoms with Crippen molar-refractivity contribution in [1.29, 1.82) is 0 Å². The second-order valence-corrected chi connectivity index (χ2v) is 23.5. The third-order valence-electron chi connectivity index (χ3n) is 9.32. The smallest absolute Gasteiger partial charge is 0.269 e. The molecule has 0 aromatic heterocycles. The van der Waals surface area contributed by atoms with Crippen LogP contribution in [0.4, 0.5) is 8.78 Å². The molecule has 0 unspecified atom stereocenters. The number of fused-ring (bicyclic) bond motifs is 3. The van der Waals surface area contributed by atoms with Gasteiger partial charge in [-0.3, -0.25) is 0 Å². The summed E-state index contributed by atoms with van der Waals surface area (Å²) in [7, 11) is -3.99. The Balaban J connectivity index is 1.65. The van der Waals surface area contributed by atoms with Crippen molar-refractivity contribution in [2.75, 3.05) is 0 Å². The van der Waals surface area contributed by atoms with Crippen molar-refractivity contribution in [3.63, 3.8) is 0 Å². The van der Waals surface area contributed by atoms with Crippen LogP contribution >= 0.6 is 0 Å². The third kappa shape index (κ3) is 5.60. The molecule has 0 saturated heterocycles. The fourth-order valence-electron chi connectivity index (χ4n) is 4.89. The molecule has 2 aromatic rings. The van der Waals surface area contributed by atoms with E-state index < -0.39 is 22.7 Å². The fourth-order valence-corrected chi connectivity index (χ4v) is 6.94. The normalized spacial score (nSPS) is 21.9. The van der Waals surface area contributed by atoms with E-state index in [1.54, 1.807) is 0 Å². The molecule has 0 N–H and O–H groups in total. The number of ether oxygens (including phenoxy) is 1. The Labute approximate surface area is 229 Å². The standard InChI is InChI=1S/C31H44F2O3Si2/c1-30(2,3)37(7,8)35-22-13-11-20(12-14-22)28-26-18-21(29(32)33)17-24(26)25-19-23(15-16-27(25)34-28)36-38(9,10)31(4,5)6/h11-16,19,24,26,28H,17-18H2,1-10H3/t24-,26-,28-/m0/s1. The summed E-state index contributed by atoms with van der Waals surface area (Å²) in [4.78, 5) is 0. The van der Waals surface area contributed by atoms with Crippen molar-refractivity contribution in [3.05, 3.63) is 65.2 Å². The summed E-state index contributed by atoms with van der Waals surface area (Å²) in [6.45, 7) is 22.2. The van der Waals surface area contributed by atoms with Gasteiger partial charge in [0, 0.05) is 11.5 Å². The molecule has 3 nitrogen and oxygen atoms in total. The van der Waals surface area contributed by atoms with Crippen LogP contribution in [0.1, 0.15) is 77.5 Å². The zero-order valence-electron chi connectivity index (χ0n) is 24.7. The Morgan fingerprint density at radius 2 is 1.32 bits per heavy atom. The highest BCUT2D eigenvalue weighted by atomic mass is 28.4. The largest absolute Gasteiger partial charge is 0.544 e. The number of rotatable bonds is 5. The van der Waals surface area contributed by atoms with E-state index in [4.69, 9.17) is 13.6 Å². The molecule has 1 aliphatic carbocycles. The summed E-state index contributed by atoms with van der Waals surface area (Å²) in [5.41, 5.74) is 2.22. The number of halogens is 2. The fraction of sp³-hybridized carbons (Fsp3) is 0.548. The minimum absolute atomic E-state index is 0.0358. The van der Waals surface area contributed by atoms with E-state index in [2.05, 4.69) is 67.7 Å². The minimum Gasteiger partial charge on any atom is -0.544 e. The summed E-state index contributed by atoms with van der Waals surface area (Å²) < 4.78 is 47.2.